The number of anilines is 2. The Morgan fingerprint density at radius 2 is 1.94 bits per heavy atom. The van der Waals surface area contributed by atoms with Crippen LogP contribution >= 0.6 is 0 Å². The Morgan fingerprint density at radius 3 is 2.69 bits per heavy atom. The van der Waals surface area contributed by atoms with E-state index in [0.717, 1.165) is 31.4 Å². The highest BCUT2D eigenvalue weighted by Gasteiger charge is 2.31. The third-order valence-electron chi connectivity index (χ3n) is 5.87. The molecule has 1 aliphatic carbocycles. The second kappa shape index (κ2) is 10.0. The van der Waals surface area contributed by atoms with Crippen molar-refractivity contribution in [2.24, 2.45) is 11.8 Å². The van der Waals surface area contributed by atoms with Gasteiger partial charge < -0.3 is 15.4 Å². The van der Waals surface area contributed by atoms with Gasteiger partial charge in [-0.2, -0.15) is 13.2 Å². The molecule has 1 aliphatic rings. The fourth-order valence-corrected chi connectivity index (χ4v) is 3.82. The number of nitrogens with zero attached hydrogens (tertiary/aromatic N) is 1. The number of nitrogens with one attached hydrogen (secondary N) is 2. The van der Waals surface area contributed by atoms with E-state index in [1.807, 2.05) is 0 Å². The van der Waals surface area contributed by atoms with Gasteiger partial charge in [0.2, 0.25) is 0 Å². The molecule has 0 aliphatic heterocycles. The maximum atomic E-state index is 12.9. The number of amides is 1. The molecular formula is C23H26F3N3O3. The molecule has 0 unspecified atom stereocenters. The minimum Gasteiger partial charge on any atom is -0.452 e. The quantitative estimate of drug-likeness (QED) is 0.611. The number of alkyl halides is 3. The van der Waals surface area contributed by atoms with Crippen molar-refractivity contribution < 1.29 is 27.5 Å². The number of ether oxygens (including phenoxy) is 1. The Hall–Kier alpha value is -3.10. The number of pyridine rings is 1. The fraction of sp³-hybridized carbons (Fsp3) is 0.435. The van der Waals surface area contributed by atoms with Gasteiger partial charge in [-0.1, -0.05) is 32.8 Å². The molecule has 0 radical (unpaired) electrons. The molecule has 1 aromatic carbocycles. The topological polar surface area (TPSA) is 80.3 Å². The first kappa shape index (κ1) is 23.6. The van der Waals surface area contributed by atoms with E-state index >= 15 is 0 Å². The van der Waals surface area contributed by atoms with Gasteiger partial charge in [-0.25, -0.2) is 9.78 Å². The molecule has 0 spiro atoms. The number of esters is 1. The van der Waals surface area contributed by atoms with E-state index in [1.54, 1.807) is 0 Å². The van der Waals surface area contributed by atoms with Crippen LogP contribution in [0.4, 0.5) is 24.7 Å². The summed E-state index contributed by atoms with van der Waals surface area (Å²) < 4.78 is 44.0. The van der Waals surface area contributed by atoms with Crippen LogP contribution in [0.2, 0.25) is 0 Å². The molecule has 9 heteroatoms. The minimum absolute atomic E-state index is 0.0115. The first-order valence-corrected chi connectivity index (χ1v) is 10.5. The van der Waals surface area contributed by atoms with Gasteiger partial charge in [0, 0.05) is 17.9 Å². The largest absolute Gasteiger partial charge is 0.452 e. The molecule has 0 saturated heterocycles. The zero-order chi connectivity index (χ0) is 23.3. The number of rotatable bonds is 6. The van der Waals surface area contributed by atoms with E-state index in [9.17, 15) is 22.8 Å². The summed E-state index contributed by atoms with van der Waals surface area (Å²) in [7, 11) is 0. The van der Waals surface area contributed by atoms with E-state index < -0.39 is 24.3 Å². The van der Waals surface area contributed by atoms with Crippen molar-refractivity contribution in [3.05, 3.63) is 53.7 Å². The number of hydrogen-bond donors (Lipinski definition) is 2. The van der Waals surface area contributed by atoms with Gasteiger partial charge in [-0.15, -0.1) is 0 Å². The molecule has 1 heterocycles. The van der Waals surface area contributed by atoms with E-state index in [1.165, 1.54) is 30.5 Å². The van der Waals surface area contributed by atoms with E-state index in [2.05, 4.69) is 29.5 Å². The van der Waals surface area contributed by atoms with Crippen molar-refractivity contribution in [3.8, 4) is 0 Å². The summed E-state index contributed by atoms with van der Waals surface area (Å²) in [6, 6.07) is 7.52. The van der Waals surface area contributed by atoms with Crippen LogP contribution in [-0.2, 0) is 15.7 Å². The van der Waals surface area contributed by atoms with E-state index in [0.29, 0.717) is 11.8 Å². The van der Waals surface area contributed by atoms with Crippen LogP contribution in [-0.4, -0.2) is 29.5 Å². The summed E-state index contributed by atoms with van der Waals surface area (Å²) in [6.07, 6.45) is -0.0455. The molecule has 2 aromatic rings. The van der Waals surface area contributed by atoms with Crippen LogP contribution in [0.5, 0.6) is 0 Å². The second-order valence-corrected chi connectivity index (χ2v) is 8.12. The molecule has 32 heavy (non-hydrogen) atoms. The van der Waals surface area contributed by atoms with Crippen molar-refractivity contribution in [2.45, 2.75) is 45.3 Å². The molecule has 0 bridgehead atoms. The predicted molar refractivity (Wildman–Crippen MR) is 113 cm³/mol. The van der Waals surface area contributed by atoms with Crippen LogP contribution in [0.15, 0.2) is 42.6 Å². The second-order valence-electron chi connectivity index (χ2n) is 8.12. The number of benzene rings is 1. The number of carbonyl (C=O) groups excluding carboxylic acids is 2. The number of aromatic nitrogens is 1. The zero-order valence-electron chi connectivity index (χ0n) is 17.9. The highest BCUT2D eigenvalue weighted by Crippen LogP contribution is 2.32. The van der Waals surface area contributed by atoms with Gasteiger partial charge in [-0.05, 0) is 48.6 Å². The highest BCUT2D eigenvalue weighted by atomic mass is 19.4. The summed E-state index contributed by atoms with van der Waals surface area (Å²) in [6.45, 7) is 3.81. The Kier molecular flexibility index (Phi) is 7.37. The lowest BCUT2D eigenvalue weighted by Crippen LogP contribution is -2.45. The minimum atomic E-state index is -4.50. The average Bonchev–Trinajstić information content (AvgIpc) is 2.75. The lowest BCUT2D eigenvalue weighted by Gasteiger charge is -2.34. The van der Waals surface area contributed by atoms with Gasteiger partial charge in [0.25, 0.3) is 5.91 Å². The molecule has 6 nitrogen and oxygen atoms in total. The van der Waals surface area contributed by atoms with Gasteiger partial charge in [0.05, 0.1) is 5.56 Å². The molecule has 3 rings (SSSR count). The summed E-state index contributed by atoms with van der Waals surface area (Å²) >= 11 is 0. The van der Waals surface area contributed by atoms with Crippen molar-refractivity contribution in [2.75, 3.05) is 11.9 Å². The molecule has 1 fully saturated rings. The van der Waals surface area contributed by atoms with Gasteiger partial charge in [0.15, 0.2) is 6.61 Å². The highest BCUT2D eigenvalue weighted by molar-refractivity contribution is 5.96. The van der Waals surface area contributed by atoms with Gasteiger partial charge >= 0.3 is 12.1 Å². The summed E-state index contributed by atoms with van der Waals surface area (Å²) in [5.41, 5.74) is -0.700. The van der Waals surface area contributed by atoms with E-state index in [4.69, 9.17) is 4.74 Å². The Balaban J connectivity index is 1.63. The molecule has 1 amide bonds. The van der Waals surface area contributed by atoms with Crippen molar-refractivity contribution in [1.29, 1.82) is 0 Å². The monoisotopic (exact) mass is 449 g/mol. The Labute approximate surface area is 184 Å². The average molecular weight is 449 g/mol. The van der Waals surface area contributed by atoms with Crippen LogP contribution in [0.1, 0.15) is 49.0 Å². The molecular weight excluding hydrogens is 423 g/mol. The fourth-order valence-electron chi connectivity index (χ4n) is 3.82. The van der Waals surface area contributed by atoms with E-state index in [-0.39, 0.29) is 29.0 Å². The number of halogens is 3. The third-order valence-corrected chi connectivity index (χ3v) is 5.87. The Morgan fingerprint density at radius 1 is 1.16 bits per heavy atom. The third kappa shape index (κ3) is 5.99. The lowest BCUT2D eigenvalue weighted by atomic mass is 9.78. The van der Waals surface area contributed by atoms with Gasteiger partial charge in [-0.3, -0.25) is 4.79 Å². The molecule has 3 atom stereocenters. The smallest absolute Gasteiger partial charge is 0.416 e. The summed E-state index contributed by atoms with van der Waals surface area (Å²) in [4.78, 5) is 28.8. The molecule has 1 aromatic heterocycles. The maximum absolute atomic E-state index is 12.9. The summed E-state index contributed by atoms with van der Waals surface area (Å²) in [5, 5.41) is 5.64. The van der Waals surface area contributed by atoms with Gasteiger partial charge in [0.1, 0.15) is 11.4 Å². The zero-order valence-corrected chi connectivity index (χ0v) is 17.9. The number of hydrogen-bond acceptors (Lipinski definition) is 5. The molecule has 172 valence electrons. The number of carbonyl (C=O) groups is 2. The Bertz CT molecular complexity index is 965. The van der Waals surface area contributed by atoms with Crippen LogP contribution in [0.3, 0.4) is 0 Å². The predicted octanol–water partition coefficient (Wildman–Crippen LogP) is 4.94. The van der Waals surface area contributed by atoms with Crippen LogP contribution < -0.4 is 10.6 Å². The molecule has 2 N–H and O–H groups in total. The van der Waals surface area contributed by atoms with Crippen LogP contribution in [0.25, 0.3) is 0 Å². The van der Waals surface area contributed by atoms with Crippen LogP contribution in [0, 0.1) is 11.8 Å². The van der Waals surface area contributed by atoms with Crippen molar-refractivity contribution in [1.82, 2.24) is 10.3 Å². The normalized spacial score (nSPS) is 21.0. The first-order valence-electron chi connectivity index (χ1n) is 10.5. The standard InChI is InChI=1S/C23H26F3N3O3/c1-14-6-3-10-19(15(14)2)29-20(30)13-32-22(31)18-9-5-11-27-21(18)28-17-8-4-7-16(12-17)23(24,25)26/h4-5,7-9,11-12,14-15,19H,3,6,10,13H2,1-2H3,(H,27,28)(H,29,30)/t14-,15+,19-/m0/s1. The maximum Gasteiger partial charge on any atom is 0.416 e. The van der Waals surface area contributed by atoms with Crippen molar-refractivity contribution in [3.63, 3.8) is 0 Å². The summed E-state index contributed by atoms with van der Waals surface area (Å²) in [5.74, 6) is -0.304. The molecule has 1 saturated carbocycles. The SMILES string of the molecule is C[C@H]1[C@@H](NC(=O)COC(=O)c2cccnc2Nc2cccc(C(F)(F)F)c2)CCC[C@@H]1C. The first-order chi connectivity index (χ1) is 15.1. The van der Waals surface area contributed by atoms with Crippen molar-refractivity contribution >= 4 is 23.4 Å². The lowest BCUT2D eigenvalue weighted by molar-refractivity contribution is -0.137.